The minimum atomic E-state index is -0.621. The van der Waals surface area contributed by atoms with Crippen LogP contribution in [0.5, 0.6) is 0 Å². The molecule has 0 radical (unpaired) electrons. The molecule has 186 valence electrons. The zero-order chi connectivity index (χ0) is 24.2. The van der Waals surface area contributed by atoms with Crippen LogP contribution < -0.4 is 0 Å². The third-order valence-corrected chi connectivity index (χ3v) is 9.47. The zero-order valence-corrected chi connectivity index (χ0v) is 21.5. The maximum absolute atomic E-state index is 10.5. The summed E-state index contributed by atoms with van der Waals surface area (Å²) in [5, 5.41) is 30.8. The van der Waals surface area contributed by atoms with E-state index in [1.165, 1.54) is 25.7 Å². The van der Waals surface area contributed by atoms with Gasteiger partial charge in [0.2, 0.25) is 0 Å². The second kappa shape index (κ2) is 11.1. The van der Waals surface area contributed by atoms with Crippen molar-refractivity contribution < 1.29 is 15.3 Å². The molecule has 0 bridgehead atoms. The summed E-state index contributed by atoms with van der Waals surface area (Å²) in [7, 11) is 0. The van der Waals surface area contributed by atoms with Gasteiger partial charge in [-0.25, -0.2) is 0 Å². The molecular formula is C30H48O3. The van der Waals surface area contributed by atoms with E-state index in [0.29, 0.717) is 36.0 Å². The van der Waals surface area contributed by atoms with E-state index in [0.717, 1.165) is 43.3 Å². The van der Waals surface area contributed by atoms with Crippen LogP contribution in [-0.4, -0.2) is 33.1 Å². The minimum Gasteiger partial charge on any atom is -0.393 e. The first-order valence-corrected chi connectivity index (χ1v) is 13.5. The van der Waals surface area contributed by atoms with Gasteiger partial charge in [-0.1, -0.05) is 64.2 Å². The molecule has 33 heavy (non-hydrogen) atoms. The molecule has 3 rings (SSSR count). The first-order chi connectivity index (χ1) is 15.6. The van der Waals surface area contributed by atoms with Crippen LogP contribution in [0.25, 0.3) is 0 Å². The molecule has 0 saturated heterocycles. The lowest BCUT2D eigenvalue weighted by atomic mass is 9.61. The summed E-state index contributed by atoms with van der Waals surface area (Å²) < 4.78 is 0. The summed E-state index contributed by atoms with van der Waals surface area (Å²) in [5.74, 6) is 1.87. The van der Waals surface area contributed by atoms with Crippen LogP contribution in [0.15, 0.2) is 47.6 Å². The fraction of sp³-hybridized carbons (Fsp3) is 0.733. The topological polar surface area (TPSA) is 60.7 Å². The Hall–Kier alpha value is -1.16. The molecule has 3 N–H and O–H groups in total. The van der Waals surface area contributed by atoms with Crippen molar-refractivity contribution in [3.63, 3.8) is 0 Å². The Balaban J connectivity index is 1.67. The molecule has 0 aromatic heterocycles. The van der Waals surface area contributed by atoms with E-state index in [9.17, 15) is 15.3 Å². The number of aliphatic hydroxyl groups is 3. The lowest BCUT2D eigenvalue weighted by Gasteiger charge is -2.44. The lowest BCUT2D eigenvalue weighted by molar-refractivity contribution is 0.0245. The second-order valence-corrected chi connectivity index (χ2v) is 11.4. The van der Waals surface area contributed by atoms with Gasteiger partial charge in [-0.15, -0.1) is 0 Å². The molecule has 0 aliphatic heterocycles. The van der Waals surface area contributed by atoms with Crippen molar-refractivity contribution in [2.75, 3.05) is 0 Å². The van der Waals surface area contributed by atoms with E-state index in [-0.39, 0.29) is 0 Å². The Morgan fingerprint density at radius 3 is 2.61 bits per heavy atom. The minimum absolute atomic E-state index is 0.336. The molecule has 3 fully saturated rings. The fourth-order valence-electron chi connectivity index (χ4n) is 7.01. The average Bonchev–Trinajstić information content (AvgIpc) is 3.15. The second-order valence-electron chi connectivity index (χ2n) is 11.4. The summed E-state index contributed by atoms with van der Waals surface area (Å²) in [4.78, 5) is 0. The summed E-state index contributed by atoms with van der Waals surface area (Å²) in [6, 6.07) is 0. The van der Waals surface area contributed by atoms with Crippen molar-refractivity contribution in [1.82, 2.24) is 0 Å². The van der Waals surface area contributed by atoms with Crippen molar-refractivity contribution in [2.45, 2.75) is 116 Å². The van der Waals surface area contributed by atoms with E-state index >= 15 is 0 Å². The van der Waals surface area contributed by atoms with E-state index in [1.807, 2.05) is 0 Å². The van der Waals surface area contributed by atoms with Gasteiger partial charge < -0.3 is 15.3 Å². The molecule has 0 amide bonds. The van der Waals surface area contributed by atoms with Gasteiger partial charge in [0, 0.05) is 6.42 Å². The Morgan fingerprint density at radius 1 is 1.18 bits per heavy atom. The van der Waals surface area contributed by atoms with Crippen molar-refractivity contribution in [1.29, 1.82) is 0 Å². The molecule has 0 aromatic rings. The van der Waals surface area contributed by atoms with Crippen LogP contribution in [0.1, 0.15) is 98.3 Å². The van der Waals surface area contributed by atoms with Gasteiger partial charge in [0.15, 0.2) is 0 Å². The van der Waals surface area contributed by atoms with Crippen molar-refractivity contribution in [2.24, 2.45) is 23.2 Å². The monoisotopic (exact) mass is 456 g/mol. The molecule has 0 unspecified atom stereocenters. The maximum atomic E-state index is 10.5. The molecule has 3 heteroatoms. The summed E-state index contributed by atoms with van der Waals surface area (Å²) >= 11 is 0. The van der Waals surface area contributed by atoms with Crippen LogP contribution >= 0.6 is 0 Å². The smallest absolute Gasteiger partial charge is 0.0811 e. The maximum Gasteiger partial charge on any atom is 0.0811 e. The predicted molar refractivity (Wildman–Crippen MR) is 138 cm³/mol. The SMILES string of the molecule is C=C1/C(=C/C=C2\CCC[C@]3(C)[C@@H]([C@@H](C)/C=C\CCC(O)(CC)CC)CC[C@@H]23)C[C@@H](O)C[C@@H]1O. The highest BCUT2D eigenvalue weighted by atomic mass is 16.3. The van der Waals surface area contributed by atoms with Gasteiger partial charge in [0.25, 0.3) is 0 Å². The van der Waals surface area contributed by atoms with Gasteiger partial charge >= 0.3 is 0 Å². The summed E-state index contributed by atoms with van der Waals surface area (Å²) in [6.45, 7) is 13.1. The van der Waals surface area contributed by atoms with Crippen molar-refractivity contribution in [3.05, 3.63) is 47.6 Å². The molecule has 3 saturated carbocycles. The van der Waals surface area contributed by atoms with E-state index in [4.69, 9.17) is 0 Å². The first kappa shape index (κ1) is 26.4. The molecule has 3 aliphatic rings. The van der Waals surface area contributed by atoms with E-state index < -0.39 is 17.8 Å². The first-order valence-electron chi connectivity index (χ1n) is 13.5. The van der Waals surface area contributed by atoms with E-state index in [1.54, 1.807) is 5.57 Å². The lowest BCUT2D eigenvalue weighted by Crippen LogP contribution is -2.35. The highest BCUT2D eigenvalue weighted by Crippen LogP contribution is 2.59. The van der Waals surface area contributed by atoms with Crippen molar-refractivity contribution >= 4 is 0 Å². The standard InChI is InChI=1S/C30H48O3/c1-6-30(33,7-2)18-9-8-11-21(3)26-15-16-27-23(12-10-17-29(26,27)5)13-14-24-19-25(31)20-28(32)22(24)4/h8,11,13-14,21,25-28,31-33H,4,6-7,9-10,12,15-20H2,1-3,5H3/b11-8-,23-13+,24-14+/t21-,25+,26+,27-,28-,29+/m0/s1. The fourth-order valence-corrected chi connectivity index (χ4v) is 7.01. The molecule has 0 heterocycles. The van der Waals surface area contributed by atoms with Gasteiger partial charge in [0.05, 0.1) is 17.8 Å². The molecule has 3 aliphatic carbocycles. The van der Waals surface area contributed by atoms with Crippen LogP contribution in [0.3, 0.4) is 0 Å². The van der Waals surface area contributed by atoms with E-state index in [2.05, 4.69) is 58.6 Å². The van der Waals surface area contributed by atoms with Crippen LogP contribution in [0.4, 0.5) is 0 Å². The zero-order valence-electron chi connectivity index (χ0n) is 21.5. The quantitative estimate of drug-likeness (QED) is 0.358. The largest absolute Gasteiger partial charge is 0.393 e. The molecule has 0 spiro atoms. The van der Waals surface area contributed by atoms with Crippen LogP contribution in [0.2, 0.25) is 0 Å². The number of fused-ring (bicyclic) bond motifs is 1. The highest BCUT2D eigenvalue weighted by Gasteiger charge is 2.50. The Labute approximate surface area is 202 Å². The molecular weight excluding hydrogens is 408 g/mol. The van der Waals surface area contributed by atoms with Gasteiger partial charge in [-0.2, -0.15) is 0 Å². The third-order valence-electron chi connectivity index (χ3n) is 9.47. The Kier molecular flexibility index (Phi) is 8.86. The number of hydrogen-bond donors (Lipinski definition) is 3. The normalized spacial score (nSPS) is 36.6. The van der Waals surface area contributed by atoms with Crippen molar-refractivity contribution in [3.8, 4) is 0 Å². The predicted octanol–water partition coefficient (Wildman–Crippen LogP) is 6.65. The third kappa shape index (κ3) is 5.92. The number of rotatable bonds is 8. The number of allylic oxidation sites excluding steroid dienone is 5. The highest BCUT2D eigenvalue weighted by molar-refractivity contribution is 5.38. The molecule has 6 atom stereocenters. The van der Waals surface area contributed by atoms with Gasteiger partial charge in [-0.05, 0) is 98.5 Å². The van der Waals surface area contributed by atoms with Crippen LogP contribution in [0, 0.1) is 23.2 Å². The van der Waals surface area contributed by atoms with Crippen LogP contribution in [-0.2, 0) is 0 Å². The van der Waals surface area contributed by atoms with Gasteiger partial charge in [0.1, 0.15) is 0 Å². The van der Waals surface area contributed by atoms with Gasteiger partial charge in [-0.3, -0.25) is 0 Å². The number of aliphatic hydroxyl groups excluding tert-OH is 2. The summed E-state index contributed by atoms with van der Waals surface area (Å²) in [6.07, 6.45) is 18.7. The summed E-state index contributed by atoms with van der Waals surface area (Å²) in [5.41, 5.74) is 3.16. The Morgan fingerprint density at radius 2 is 1.91 bits per heavy atom. The Bertz CT molecular complexity index is 771. The number of hydrogen-bond acceptors (Lipinski definition) is 3. The average molecular weight is 457 g/mol. The molecule has 3 nitrogen and oxygen atoms in total. The molecule has 0 aromatic carbocycles.